The molecule has 0 heterocycles. The molecule has 1 amide bonds. The van der Waals surface area contributed by atoms with Crippen LogP contribution < -0.4 is 10.2 Å². The summed E-state index contributed by atoms with van der Waals surface area (Å²) in [7, 11) is 1.25. The number of hydrogen-bond acceptors (Lipinski definition) is 6. The van der Waals surface area contributed by atoms with Gasteiger partial charge in [0.25, 0.3) is 7.82 Å². The Morgan fingerprint density at radius 1 is 0.680 bits per heavy atom. The number of rotatable bonds is 37. The van der Waals surface area contributed by atoms with Crippen molar-refractivity contribution in [3.8, 4) is 0 Å². The zero-order chi connectivity index (χ0) is 37.2. The normalized spacial score (nSPS) is 14.8. The van der Waals surface area contributed by atoms with E-state index in [0.29, 0.717) is 17.4 Å². The summed E-state index contributed by atoms with van der Waals surface area (Å²) in [6, 6.07) is -0.896. The molecule has 0 aromatic heterocycles. The molecule has 2 N–H and O–H groups in total. The molecule has 0 aliphatic heterocycles. The first kappa shape index (κ1) is 49.0. The third kappa shape index (κ3) is 35.4. The fraction of sp³-hybridized carbons (Fsp3) is 0.878. The lowest BCUT2D eigenvalue weighted by molar-refractivity contribution is -0.870. The summed E-state index contributed by atoms with van der Waals surface area (Å²) in [4.78, 5) is 25.2. The van der Waals surface area contributed by atoms with Crippen molar-refractivity contribution < 1.29 is 32.9 Å². The number of allylic oxidation sites excluding steroid dienone is 3. The van der Waals surface area contributed by atoms with Crippen LogP contribution in [0.1, 0.15) is 181 Å². The van der Waals surface area contributed by atoms with Gasteiger partial charge in [0.15, 0.2) is 0 Å². The van der Waals surface area contributed by atoms with E-state index in [0.717, 1.165) is 38.5 Å². The number of aliphatic hydroxyl groups excluding tert-OH is 1. The second-order valence-corrected chi connectivity index (χ2v) is 16.8. The van der Waals surface area contributed by atoms with E-state index in [1.54, 1.807) is 6.08 Å². The smallest absolute Gasteiger partial charge is 0.268 e. The number of nitrogens with one attached hydrogen (secondary N) is 1. The topological polar surface area (TPSA) is 108 Å². The number of phosphoric ester groups is 1. The molecule has 0 saturated carbocycles. The summed E-state index contributed by atoms with van der Waals surface area (Å²) >= 11 is 0. The summed E-state index contributed by atoms with van der Waals surface area (Å²) in [6.07, 6.45) is 37.9. The van der Waals surface area contributed by atoms with E-state index in [2.05, 4.69) is 31.3 Å². The zero-order valence-corrected chi connectivity index (χ0v) is 34.2. The molecule has 0 bridgehead atoms. The van der Waals surface area contributed by atoms with E-state index in [1.165, 1.54) is 122 Å². The van der Waals surface area contributed by atoms with Crippen molar-refractivity contribution in [2.24, 2.45) is 0 Å². The predicted molar refractivity (Wildman–Crippen MR) is 210 cm³/mol. The number of quaternary nitrogens is 1. The maximum atomic E-state index is 12.8. The molecule has 0 rings (SSSR count). The molecule has 8 nitrogen and oxygen atoms in total. The van der Waals surface area contributed by atoms with Gasteiger partial charge in [-0.15, -0.1) is 0 Å². The van der Waals surface area contributed by atoms with E-state index < -0.39 is 20.0 Å². The van der Waals surface area contributed by atoms with Gasteiger partial charge in [-0.1, -0.05) is 167 Å². The van der Waals surface area contributed by atoms with Crippen LogP contribution in [0.15, 0.2) is 24.3 Å². The van der Waals surface area contributed by atoms with E-state index in [1.807, 2.05) is 27.2 Å². The number of carbonyl (C=O) groups excluding carboxylic acids is 1. The van der Waals surface area contributed by atoms with E-state index in [-0.39, 0.29) is 19.1 Å². The van der Waals surface area contributed by atoms with Gasteiger partial charge in [0.05, 0.1) is 39.9 Å². The molecular weight excluding hydrogens is 647 g/mol. The Hall–Kier alpha value is -1.02. The van der Waals surface area contributed by atoms with Crippen LogP contribution in [-0.4, -0.2) is 68.5 Å². The van der Waals surface area contributed by atoms with Gasteiger partial charge < -0.3 is 28.8 Å². The van der Waals surface area contributed by atoms with Crippen LogP contribution in [0, 0.1) is 0 Å². The fourth-order valence-electron chi connectivity index (χ4n) is 5.81. The lowest BCUT2D eigenvalue weighted by atomic mass is 10.0. The number of likely N-dealkylation sites (N-methyl/N-ethyl adjacent to an activating group) is 1. The van der Waals surface area contributed by atoms with Gasteiger partial charge in [-0.3, -0.25) is 9.36 Å². The third-order valence-electron chi connectivity index (χ3n) is 9.16. The number of aliphatic hydroxyl groups is 1. The quantitative estimate of drug-likeness (QED) is 0.0285. The first-order valence-electron chi connectivity index (χ1n) is 20.7. The summed E-state index contributed by atoms with van der Waals surface area (Å²) in [6.45, 7) is 4.60. The van der Waals surface area contributed by atoms with Crippen molar-refractivity contribution in [1.82, 2.24) is 5.32 Å². The Morgan fingerprint density at radius 2 is 1.12 bits per heavy atom. The highest BCUT2D eigenvalue weighted by atomic mass is 31.2. The molecular formula is C41H81N2O6P. The second-order valence-electron chi connectivity index (χ2n) is 15.3. The first-order valence-corrected chi connectivity index (χ1v) is 22.2. The van der Waals surface area contributed by atoms with Crippen molar-refractivity contribution in [3.05, 3.63) is 24.3 Å². The van der Waals surface area contributed by atoms with Crippen LogP contribution in [0.25, 0.3) is 0 Å². The Morgan fingerprint density at radius 3 is 1.62 bits per heavy atom. The molecule has 9 heteroatoms. The molecule has 0 spiro atoms. The summed E-state index contributed by atoms with van der Waals surface area (Å²) < 4.78 is 23.1. The Bertz CT molecular complexity index is 876. The van der Waals surface area contributed by atoms with Crippen LogP contribution in [0.2, 0.25) is 0 Å². The van der Waals surface area contributed by atoms with E-state index >= 15 is 0 Å². The Labute approximate surface area is 309 Å². The highest BCUT2D eigenvalue weighted by Crippen LogP contribution is 2.38. The van der Waals surface area contributed by atoms with Gasteiger partial charge in [0.2, 0.25) is 5.91 Å². The minimum Gasteiger partial charge on any atom is -0.756 e. The van der Waals surface area contributed by atoms with Crippen molar-refractivity contribution in [2.75, 3.05) is 40.9 Å². The van der Waals surface area contributed by atoms with Crippen molar-refractivity contribution in [1.29, 1.82) is 0 Å². The van der Waals surface area contributed by atoms with Crippen LogP contribution in [0.3, 0.4) is 0 Å². The van der Waals surface area contributed by atoms with E-state index in [9.17, 15) is 19.4 Å². The SMILES string of the molecule is CCCCCCCCCCCCC/C=C/CC/C=C/C(O)C(COP(=O)([O-])OCC[N+](C)(C)C)NC(=O)CCCCCCCCCCCCC. The molecule has 296 valence electrons. The molecule has 0 aliphatic carbocycles. The second kappa shape index (κ2) is 33.8. The number of nitrogens with zero attached hydrogens (tertiary/aromatic N) is 1. The van der Waals surface area contributed by atoms with Gasteiger partial charge in [0, 0.05) is 6.42 Å². The summed E-state index contributed by atoms with van der Waals surface area (Å²) in [5.41, 5.74) is 0. The highest BCUT2D eigenvalue weighted by molar-refractivity contribution is 7.45. The third-order valence-corrected chi connectivity index (χ3v) is 10.1. The maximum Gasteiger partial charge on any atom is 0.268 e. The van der Waals surface area contributed by atoms with Gasteiger partial charge >= 0.3 is 0 Å². The number of amides is 1. The number of hydrogen-bond donors (Lipinski definition) is 2. The van der Waals surface area contributed by atoms with E-state index in [4.69, 9.17) is 9.05 Å². The minimum absolute atomic E-state index is 0.00457. The minimum atomic E-state index is -4.58. The van der Waals surface area contributed by atoms with Crippen LogP contribution in [0.5, 0.6) is 0 Å². The largest absolute Gasteiger partial charge is 0.756 e. The molecule has 0 aromatic carbocycles. The zero-order valence-electron chi connectivity index (χ0n) is 33.4. The molecule has 3 atom stereocenters. The average Bonchev–Trinajstić information content (AvgIpc) is 3.06. The molecule has 0 radical (unpaired) electrons. The van der Waals surface area contributed by atoms with Gasteiger partial charge in [0.1, 0.15) is 13.2 Å². The molecule has 0 fully saturated rings. The number of carbonyl (C=O) groups is 1. The molecule has 50 heavy (non-hydrogen) atoms. The number of phosphoric acid groups is 1. The predicted octanol–water partition coefficient (Wildman–Crippen LogP) is 10.3. The van der Waals surface area contributed by atoms with Gasteiger partial charge in [-0.05, 0) is 32.1 Å². The Balaban J connectivity index is 4.51. The lowest BCUT2D eigenvalue weighted by Crippen LogP contribution is -2.45. The van der Waals surface area contributed by atoms with Crippen LogP contribution in [-0.2, 0) is 18.4 Å². The Kier molecular flexibility index (Phi) is 33.1. The van der Waals surface area contributed by atoms with Crippen LogP contribution in [0.4, 0.5) is 0 Å². The molecule has 0 aliphatic rings. The fourth-order valence-corrected chi connectivity index (χ4v) is 6.54. The maximum absolute atomic E-state index is 12.8. The van der Waals surface area contributed by atoms with Crippen molar-refractivity contribution in [3.63, 3.8) is 0 Å². The molecule has 0 aromatic rings. The molecule has 3 unspecified atom stereocenters. The average molecular weight is 729 g/mol. The lowest BCUT2D eigenvalue weighted by Gasteiger charge is -2.29. The van der Waals surface area contributed by atoms with Crippen LogP contribution >= 0.6 is 7.82 Å². The molecule has 0 saturated heterocycles. The standard InChI is InChI=1S/C41H81N2O6P/c1-6-8-10-12-14-16-18-19-20-21-22-23-25-26-28-30-32-34-40(44)39(38-49-50(46,47)48-37-36-43(3,4)5)42-41(45)35-33-31-29-27-24-17-15-13-11-9-7-2/h25-26,32,34,39-40,44H,6-24,27-31,33,35-38H2,1-5H3,(H-,42,45,46,47)/b26-25+,34-32+. The first-order chi connectivity index (χ1) is 24.0. The summed E-state index contributed by atoms with van der Waals surface area (Å²) in [5.74, 6) is -0.209. The van der Waals surface area contributed by atoms with Crippen molar-refractivity contribution >= 4 is 13.7 Å². The highest BCUT2D eigenvalue weighted by Gasteiger charge is 2.23. The van der Waals surface area contributed by atoms with Gasteiger partial charge in [-0.25, -0.2) is 0 Å². The monoisotopic (exact) mass is 729 g/mol. The van der Waals surface area contributed by atoms with Gasteiger partial charge in [-0.2, -0.15) is 0 Å². The summed E-state index contributed by atoms with van der Waals surface area (Å²) in [5, 5.41) is 13.7. The number of unbranched alkanes of at least 4 members (excludes halogenated alkanes) is 22. The van der Waals surface area contributed by atoms with Crippen molar-refractivity contribution in [2.45, 2.75) is 193 Å².